The minimum atomic E-state index is -1.34. The SMILES string of the molecule is CNC(CC(C)C)C(=O)Nc1ncnc2c1c(C#N)cn2[C@@H]1O[C@H](CO)C(O)[C@@H]1O. The van der Waals surface area contributed by atoms with Crippen molar-refractivity contribution in [3.63, 3.8) is 0 Å². The number of hydrogen-bond donors (Lipinski definition) is 5. The Kier molecular flexibility index (Phi) is 6.64. The Morgan fingerprint density at radius 3 is 2.67 bits per heavy atom. The molecule has 162 valence electrons. The second kappa shape index (κ2) is 9.03. The quantitative estimate of drug-likeness (QED) is 0.398. The molecule has 3 heterocycles. The van der Waals surface area contributed by atoms with Gasteiger partial charge >= 0.3 is 0 Å². The van der Waals surface area contributed by atoms with Crippen molar-refractivity contribution in [1.82, 2.24) is 19.9 Å². The topological polar surface area (TPSA) is 166 Å². The molecule has 0 radical (unpaired) electrons. The molecule has 0 saturated carbocycles. The smallest absolute Gasteiger partial charge is 0.242 e. The Morgan fingerprint density at radius 2 is 2.10 bits per heavy atom. The zero-order valence-corrected chi connectivity index (χ0v) is 17.0. The predicted octanol–water partition coefficient (Wildman–Crippen LogP) is -0.513. The first kappa shape index (κ1) is 22.1. The molecule has 0 aromatic carbocycles. The number of nitrogens with zero attached hydrogens (tertiary/aromatic N) is 4. The fraction of sp³-hybridized carbons (Fsp3) is 0.579. The van der Waals surface area contributed by atoms with Crippen LogP contribution in [0.3, 0.4) is 0 Å². The second-order valence-electron chi connectivity index (χ2n) is 7.67. The summed E-state index contributed by atoms with van der Waals surface area (Å²) in [5.41, 5.74) is 0.417. The van der Waals surface area contributed by atoms with Gasteiger partial charge in [-0.1, -0.05) is 13.8 Å². The number of carbonyl (C=O) groups is 1. The predicted molar refractivity (Wildman–Crippen MR) is 106 cm³/mol. The molecular weight excluding hydrogens is 392 g/mol. The van der Waals surface area contributed by atoms with Gasteiger partial charge in [0.1, 0.15) is 42.2 Å². The lowest BCUT2D eigenvalue weighted by Crippen LogP contribution is -2.39. The van der Waals surface area contributed by atoms with Gasteiger partial charge in [-0.25, -0.2) is 9.97 Å². The van der Waals surface area contributed by atoms with Crippen LogP contribution >= 0.6 is 0 Å². The molecule has 11 nitrogen and oxygen atoms in total. The van der Waals surface area contributed by atoms with Crippen LogP contribution in [-0.2, 0) is 9.53 Å². The number of nitrogens with one attached hydrogen (secondary N) is 2. The van der Waals surface area contributed by atoms with E-state index in [1.54, 1.807) is 7.05 Å². The van der Waals surface area contributed by atoms with Crippen molar-refractivity contribution in [3.05, 3.63) is 18.1 Å². The van der Waals surface area contributed by atoms with E-state index >= 15 is 0 Å². The zero-order chi connectivity index (χ0) is 22.0. The van der Waals surface area contributed by atoms with E-state index in [-0.39, 0.29) is 22.9 Å². The number of aliphatic hydroxyl groups is 3. The number of ether oxygens (including phenoxy) is 1. The van der Waals surface area contributed by atoms with Crippen molar-refractivity contribution in [2.24, 2.45) is 5.92 Å². The highest BCUT2D eigenvalue weighted by atomic mass is 16.6. The van der Waals surface area contributed by atoms with Crippen LogP contribution in [0.1, 0.15) is 32.1 Å². The summed E-state index contributed by atoms with van der Waals surface area (Å²) in [5.74, 6) is 0.160. The summed E-state index contributed by atoms with van der Waals surface area (Å²) in [6.07, 6.45) is -1.40. The van der Waals surface area contributed by atoms with Crippen LogP contribution in [0.4, 0.5) is 5.82 Å². The maximum atomic E-state index is 12.7. The maximum Gasteiger partial charge on any atom is 0.242 e. The Balaban J connectivity index is 2.00. The van der Waals surface area contributed by atoms with Gasteiger partial charge in [0.15, 0.2) is 6.23 Å². The van der Waals surface area contributed by atoms with Gasteiger partial charge < -0.3 is 35.3 Å². The van der Waals surface area contributed by atoms with Gasteiger partial charge in [-0.3, -0.25) is 4.79 Å². The molecule has 2 unspecified atom stereocenters. The van der Waals surface area contributed by atoms with E-state index in [4.69, 9.17) is 4.74 Å². The Hall–Kier alpha value is -2.62. The van der Waals surface area contributed by atoms with Gasteiger partial charge in [-0.05, 0) is 19.4 Å². The molecule has 5 N–H and O–H groups in total. The first-order valence-corrected chi connectivity index (χ1v) is 9.68. The van der Waals surface area contributed by atoms with Crippen LogP contribution < -0.4 is 10.6 Å². The number of rotatable bonds is 7. The Labute approximate surface area is 173 Å². The lowest BCUT2D eigenvalue weighted by atomic mass is 10.0. The van der Waals surface area contributed by atoms with E-state index in [0.29, 0.717) is 17.7 Å². The number of aliphatic hydroxyl groups excluding tert-OH is 3. The van der Waals surface area contributed by atoms with E-state index in [0.717, 1.165) is 0 Å². The van der Waals surface area contributed by atoms with Crippen LogP contribution in [0.25, 0.3) is 11.0 Å². The lowest BCUT2D eigenvalue weighted by Gasteiger charge is -2.18. The normalized spacial score (nSPS) is 24.9. The number of fused-ring (bicyclic) bond motifs is 1. The number of nitriles is 1. The highest BCUT2D eigenvalue weighted by Gasteiger charge is 2.44. The highest BCUT2D eigenvalue weighted by molar-refractivity contribution is 6.02. The number of carbonyl (C=O) groups excluding carboxylic acids is 1. The molecular formula is C19H26N6O5. The first-order valence-electron chi connectivity index (χ1n) is 9.68. The standard InChI is InChI=1S/C19H26N6O5/c1-9(2)4-11(21-3)18(29)24-16-13-10(5-20)6-25(17(13)23-8-22-16)19-15(28)14(27)12(7-26)30-19/h6,8-9,11-12,14-15,19,21,26-28H,4,7H2,1-3H3,(H,22,23,24,29)/t11?,12-,14?,15+,19-/m1/s1. The van der Waals surface area contributed by atoms with E-state index in [9.17, 15) is 25.4 Å². The summed E-state index contributed by atoms with van der Waals surface area (Å²) in [6.45, 7) is 3.54. The van der Waals surface area contributed by atoms with E-state index in [1.807, 2.05) is 19.9 Å². The van der Waals surface area contributed by atoms with Gasteiger partial charge in [0, 0.05) is 6.20 Å². The third-order valence-corrected chi connectivity index (χ3v) is 5.13. The van der Waals surface area contributed by atoms with Gasteiger partial charge in [0.25, 0.3) is 0 Å². The van der Waals surface area contributed by atoms with Gasteiger partial charge in [0.05, 0.1) is 23.6 Å². The third kappa shape index (κ3) is 4.00. The number of anilines is 1. The number of likely N-dealkylation sites (N-methyl/N-ethyl adjacent to an activating group) is 1. The molecule has 11 heteroatoms. The maximum absolute atomic E-state index is 12.7. The van der Waals surface area contributed by atoms with Gasteiger partial charge in [-0.2, -0.15) is 5.26 Å². The van der Waals surface area contributed by atoms with Gasteiger partial charge in [0.2, 0.25) is 5.91 Å². The highest BCUT2D eigenvalue weighted by Crippen LogP contribution is 2.34. The lowest BCUT2D eigenvalue weighted by molar-refractivity contribution is -0.118. The average molecular weight is 418 g/mol. The minimum absolute atomic E-state index is 0.163. The molecule has 0 aliphatic carbocycles. The van der Waals surface area contributed by atoms with Crippen LogP contribution in [0.15, 0.2) is 12.5 Å². The molecule has 3 rings (SSSR count). The van der Waals surface area contributed by atoms with Crippen LogP contribution in [0.5, 0.6) is 0 Å². The van der Waals surface area contributed by atoms with Crippen molar-refractivity contribution >= 4 is 22.8 Å². The van der Waals surface area contributed by atoms with Crippen LogP contribution in [-0.4, -0.2) is 73.8 Å². The summed E-state index contributed by atoms with van der Waals surface area (Å²) < 4.78 is 6.95. The molecule has 1 fully saturated rings. The van der Waals surface area contributed by atoms with E-state index in [2.05, 4.69) is 20.6 Å². The van der Waals surface area contributed by atoms with Crippen LogP contribution in [0.2, 0.25) is 0 Å². The van der Waals surface area contributed by atoms with E-state index < -0.39 is 37.2 Å². The molecule has 5 atom stereocenters. The average Bonchev–Trinajstić information content (AvgIpc) is 3.24. The summed E-state index contributed by atoms with van der Waals surface area (Å²) >= 11 is 0. The Bertz CT molecular complexity index is 955. The second-order valence-corrected chi connectivity index (χ2v) is 7.67. The molecule has 30 heavy (non-hydrogen) atoms. The third-order valence-electron chi connectivity index (χ3n) is 5.13. The minimum Gasteiger partial charge on any atom is -0.394 e. The summed E-state index contributed by atoms with van der Waals surface area (Å²) in [7, 11) is 1.70. The molecule has 1 saturated heterocycles. The fourth-order valence-corrected chi connectivity index (χ4v) is 3.60. The molecule has 2 aromatic rings. The molecule has 1 aliphatic heterocycles. The monoisotopic (exact) mass is 418 g/mol. The number of aromatic nitrogens is 3. The fourth-order valence-electron chi connectivity index (χ4n) is 3.60. The van der Waals surface area contributed by atoms with Crippen molar-refractivity contribution in [3.8, 4) is 6.07 Å². The summed E-state index contributed by atoms with van der Waals surface area (Å²) in [5, 5.41) is 45.3. The molecule has 2 aromatic heterocycles. The molecule has 0 spiro atoms. The van der Waals surface area contributed by atoms with Crippen molar-refractivity contribution in [1.29, 1.82) is 5.26 Å². The largest absolute Gasteiger partial charge is 0.394 e. The Morgan fingerprint density at radius 1 is 1.37 bits per heavy atom. The van der Waals surface area contributed by atoms with Crippen molar-refractivity contribution in [2.45, 2.75) is 50.8 Å². The van der Waals surface area contributed by atoms with Crippen molar-refractivity contribution < 1.29 is 24.9 Å². The van der Waals surface area contributed by atoms with Gasteiger partial charge in [-0.15, -0.1) is 0 Å². The molecule has 1 amide bonds. The van der Waals surface area contributed by atoms with E-state index in [1.165, 1.54) is 17.1 Å². The number of hydrogen-bond acceptors (Lipinski definition) is 9. The first-order chi connectivity index (χ1) is 14.3. The molecule has 0 bridgehead atoms. The van der Waals surface area contributed by atoms with Crippen LogP contribution in [0, 0.1) is 17.2 Å². The zero-order valence-electron chi connectivity index (χ0n) is 17.0. The van der Waals surface area contributed by atoms with Crippen molar-refractivity contribution in [2.75, 3.05) is 19.0 Å². The molecule has 1 aliphatic rings. The number of amides is 1. The summed E-state index contributed by atoms with van der Waals surface area (Å²) in [4.78, 5) is 21.0. The summed E-state index contributed by atoms with van der Waals surface area (Å²) in [6, 6.07) is 1.60.